The molecule has 0 heterocycles. The Balaban J connectivity index is 5.17. The summed E-state index contributed by atoms with van der Waals surface area (Å²) in [5.41, 5.74) is -1.45. The van der Waals surface area contributed by atoms with Crippen molar-refractivity contribution in [3.8, 4) is 0 Å². The third-order valence-electron chi connectivity index (χ3n) is 2.05. The lowest BCUT2D eigenvalue weighted by Crippen LogP contribution is -2.56. The highest BCUT2D eigenvalue weighted by molar-refractivity contribution is 7.87. The minimum atomic E-state index is -3.72. The molecule has 0 aromatic carbocycles. The molecule has 0 aliphatic carbocycles. The quantitative estimate of drug-likeness (QED) is 0.683. The number of nitrogens with one attached hydrogen (secondary N) is 1. The summed E-state index contributed by atoms with van der Waals surface area (Å²) in [6.07, 6.45) is 0. The first-order chi connectivity index (χ1) is 6.70. The van der Waals surface area contributed by atoms with E-state index in [2.05, 4.69) is 4.72 Å². The van der Waals surface area contributed by atoms with Crippen molar-refractivity contribution < 1.29 is 18.3 Å². The SMILES string of the molecule is CCNS(=O)(=O)N(CC)C(C)(C)C(=O)O. The van der Waals surface area contributed by atoms with Crippen LogP contribution in [0.1, 0.15) is 27.7 Å². The average Bonchev–Trinajstić information content (AvgIpc) is 2.03. The number of hydrogen-bond acceptors (Lipinski definition) is 3. The van der Waals surface area contributed by atoms with Crippen molar-refractivity contribution in [2.75, 3.05) is 13.1 Å². The first-order valence-electron chi connectivity index (χ1n) is 4.71. The smallest absolute Gasteiger partial charge is 0.324 e. The van der Waals surface area contributed by atoms with Crippen molar-refractivity contribution in [3.05, 3.63) is 0 Å². The van der Waals surface area contributed by atoms with Gasteiger partial charge in [0.25, 0.3) is 10.2 Å². The van der Waals surface area contributed by atoms with Crippen molar-refractivity contribution >= 4 is 16.2 Å². The molecule has 0 spiro atoms. The number of aliphatic carboxylic acids is 1. The van der Waals surface area contributed by atoms with Crippen molar-refractivity contribution in [1.82, 2.24) is 9.03 Å². The Labute approximate surface area is 90.5 Å². The van der Waals surface area contributed by atoms with Crippen LogP contribution in [0.3, 0.4) is 0 Å². The molecule has 0 radical (unpaired) electrons. The Morgan fingerprint density at radius 2 is 1.87 bits per heavy atom. The molecule has 15 heavy (non-hydrogen) atoms. The lowest BCUT2D eigenvalue weighted by Gasteiger charge is -2.32. The zero-order chi connectivity index (χ0) is 12.3. The Hall–Kier alpha value is -0.660. The normalized spacial score (nSPS) is 13.1. The molecule has 6 nitrogen and oxygen atoms in total. The summed E-state index contributed by atoms with van der Waals surface area (Å²) in [4.78, 5) is 10.9. The lowest BCUT2D eigenvalue weighted by atomic mass is 10.1. The van der Waals surface area contributed by atoms with E-state index in [1.54, 1.807) is 13.8 Å². The second-order valence-electron chi connectivity index (χ2n) is 3.53. The van der Waals surface area contributed by atoms with E-state index in [1.165, 1.54) is 13.8 Å². The number of rotatable bonds is 6. The third-order valence-corrected chi connectivity index (χ3v) is 4.00. The molecule has 0 unspecified atom stereocenters. The van der Waals surface area contributed by atoms with E-state index in [-0.39, 0.29) is 13.1 Å². The second-order valence-corrected chi connectivity index (χ2v) is 5.21. The van der Waals surface area contributed by atoms with Gasteiger partial charge in [-0.15, -0.1) is 0 Å². The molecule has 7 heteroatoms. The summed E-state index contributed by atoms with van der Waals surface area (Å²) < 4.78 is 26.5. The molecule has 0 rings (SSSR count). The highest BCUT2D eigenvalue weighted by Crippen LogP contribution is 2.17. The monoisotopic (exact) mass is 238 g/mol. The fourth-order valence-electron chi connectivity index (χ4n) is 1.23. The highest BCUT2D eigenvalue weighted by atomic mass is 32.2. The fraction of sp³-hybridized carbons (Fsp3) is 0.875. The third kappa shape index (κ3) is 3.15. The van der Waals surface area contributed by atoms with Crippen LogP contribution < -0.4 is 4.72 Å². The van der Waals surface area contributed by atoms with Crippen LogP contribution in [0.25, 0.3) is 0 Å². The van der Waals surface area contributed by atoms with Crippen molar-refractivity contribution in [1.29, 1.82) is 0 Å². The average molecular weight is 238 g/mol. The summed E-state index contributed by atoms with van der Waals surface area (Å²) in [5, 5.41) is 8.94. The molecular weight excluding hydrogens is 220 g/mol. The van der Waals surface area contributed by atoms with Gasteiger partial charge in [-0.25, -0.2) is 4.72 Å². The molecule has 0 aromatic heterocycles. The molecule has 0 atom stereocenters. The molecule has 0 bridgehead atoms. The molecule has 2 N–H and O–H groups in total. The summed E-state index contributed by atoms with van der Waals surface area (Å²) in [6, 6.07) is 0. The highest BCUT2D eigenvalue weighted by Gasteiger charge is 2.40. The number of nitrogens with zero attached hydrogens (tertiary/aromatic N) is 1. The van der Waals surface area contributed by atoms with Gasteiger partial charge in [-0.2, -0.15) is 12.7 Å². The van der Waals surface area contributed by atoms with Crippen LogP contribution in [-0.4, -0.2) is 42.4 Å². The van der Waals surface area contributed by atoms with Crippen LogP contribution in [0.5, 0.6) is 0 Å². The minimum absolute atomic E-state index is 0.106. The van der Waals surface area contributed by atoms with E-state index in [4.69, 9.17) is 5.11 Å². The van der Waals surface area contributed by atoms with Crippen molar-refractivity contribution in [2.45, 2.75) is 33.2 Å². The van der Waals surface area contributed by atoms with E-state index in [9.17, 15) is 13.2 Å². The summed E-state index contributed by atoms with van der Waals surface area (Å²) in [7, 11) is -3.72. The van der Waals surface area contributed by atoms with Gasteiger partial charge in [-0.05, 0) is 13.8 Å². The maximum atomic E-state index is 11.7. The van der Waals surface area contributed by atoms with Gasteiger partial charge in [0.05, 0.1) is 0 Å². The number of carbonyl (C=O) groups is 1. The van der Waals surface area contributed by atoms with E-state index in [0.29, 0.717) is 0 Å². The van der Waals surface area contributed by atoms with Gasteiger partial charge in [0.15, 0.2) is 0 Å². The number of likely N-dealkylation sites (N-methyl/N-ethyl adjacent to an activating group) is 1. The lowest BCUT2D eigenvalue weighted by molar-refractivity contribution is -0.146. The van der Waals surface area contributed by atoms with E-state index < -0.39 is 21.7 Å². The van der Waals surface area contributed by atoms with Crippen LogP contribution in [0, 0.1) is 0 Å². The van der Waals surface area contributed by atoms with E-state index >= 15 is 0 Å². The standard InChI is InChI=1S/C8H18N2O4S/c1-5-9-15(13,14)10(6-2)8(3,4)7(11)12/h9H,5-6H2,1-4H3,(H,11,12). The number of hydrogen-bond donors (Lipinski definition) is 2. The van der Waals surface area contributed by atoms with Gasteiger partial charge >= 0.3 is 5.97 Å². The first kappa shape index (κ1) is 14.3. The van der Waals surface area contributed by atoms with Gasteiger partial charge in [0.1, 0.15) is 5.54 Å². The zero-order valence-electron chi connectivity index (χ0n) is 9.44. The van der Waals surface area contributed by atoms with Gasteiger partial charge in [0.2, 0.25) is 0 Å². The van der Waals surface area contributed by atoms with Crippen molar-refractivity contribution in [2.24, 2.45) is 0 Å². The largest absolute Gasteiger partial charge is 0.480 e. The summed E-state index contributed by atoms with van der Waals surface area (Å²) in [6.45, 7) is 6.28. The van der Waals surface area contributed by atoms with Crippen LogP contribution in [-0.2, 0) is 15.0 Å². The number of carboxylic acid groups (broad SMARTS) is 1. The molecule has 0 saturated carbocycles. The van der Waals surface area contributed by atoms with Crippen LogP contribution >= 0.6 is 0 Å². The topological polar surface area (TPSA) is 86.7 Å². The van der Waals surface area contributed by atoms with Crippen LogP contribution in [0.15, 0.2) is 0 Å². The Bertz CT molecular complexity index is 324. The molecule has 0 saturated heterocycles. The zero-order valence-corrected chi connectivity index (χ0v) is 10.3. The van der Waals surface area contributed by atoms with E-state index in [1.807, 2.05) is 0 Å². The molecule has 90 valence electrons. The predicted octanol–water partition coefficient (Wildman–Crippen LogP) is 0.0258. The molecular formula is C8H18N2O4S. The molecule has 0 fully saturated rings. The minimum Gasteiger partial charge on any atom is -0.480 e. The first-order valence-corrected chi connectivity index (χ1v) is 6.15. The Morgan fingerprint density at radius 1 is 1.40 bits per heavy atom. The molecule has 0 aliphatic rings. The maximum absolute atomic E-state index is 11.7. The summed E-state index contributed by atoms with van der Waals surface area (Å²) >= 11 is 0. The predicted molar refractivity (Wildman–Crippen MR) is 56.7 cm³/mol. The maximum Gasteiger partial charge on any atom is 0.324 e. The van der Waals surface area contributed by atoms with Gasteiger partial charge in [0, 0.05) is 13.1 Å². The van der Waals surface area contributed by atoms with Crippen molar-refractivity contribution in [3.63, 3.8) is 0 Å². The van der Waals surface area contributed by atoms with Gasteiger partial charge < -0.3 is 5.11 Å². The Kier molecular flexibility index (Phi) is 4.69. The van der Waals surface area contributed by atoms with Crippen LogP contribution in [0.2, 0.25) is 0 Å². The Morgan fingerprint density at radius 3 is 2.13 bits per heavy atom. The molecule has 0 aromatic rings. The van der Waals surface area contributed by atoms with E-state index in [0.717, 1.165) is 4.31 Å². The number of carboxylic acids is 1. The molecule has 0 amide bonds. The van der Waals surface area contributed by atoms with Crippen LogP contribution in [0.4, 0.5) is 0 Å². The van der Waals surface area contributed by atoms with Gasteiger partial charge in [-0.3, -0.25) is 4.79 Å². The second kappa shape index (κ2) is 4.91. The summed E-state index contributed by atoms with van der Waals surface area (Å²) in [5.74, 6) is -1.18. The van der Waals surface area contributed by atoms with Gasteiger partial charge in [-0.1, -0.05) is 13.8 Å². The fourth-order valence-corrected chi connectivity index (χ4v) is 2.77. The molecule has 0 aliphatic heterocycles.